The highest BCUT2D eigenvalue weighted by Gasteiger charge is 2.06. The first kappa shape index (κ1) is 12.8. The summed E-state index contributed by atoms with van der Waals surface area (Å²) in [5, 5.41) is 12.4. The summed E-state index contributed by atoms with van der Waals surface area (Å²) < 4.78 is 0.857. The second kappa shape index (κ2) is 5.83. The maximum Gasteiger partial charge on any atom is 0.170 e. The Morgan fingerprint density at radius 3 is 2.83 bits per heavy atom. The van der Waals surface area contributed by atoms with Crippen LogP contribution in [0.3, 0.4) is 0 Å². The fourth-order valence-corrected chi connectivity index (χ4v) is 2.62. The van der Waals surface area contributed by atoms with Crippen LogP contribution < -0.4 is 5.73 Å². The average Bonchev–Trinajstić information content (AvgIpc) is 2.41. The van der Waals surface area contributed by atoms with Crippen molar-refractivity contribution in [2.45, 2.75) is 9.92 Å². The van der Waals surface area contributed by atoms with Crippen LogP contribution in [0, 0.1) is 0 Å². The van der Waals surface area contributed by atoms with E-state index in [1.807, 2.05) is 12.1 Å². The molecule has 3 N–H and O–H groups in total. The van der Waals surface area contributed by atoms with Crippen molar-refractivity contribution >= 4 is 33.5 Å². The Bertz CT molecular complexity index is 577. The summed E-state index contributed by atoms with van der Waals surface area (Å²) in [6.45, 7) is 0. The monoisotopic (exact) mass is 324 g/mol. The summed E-state index contributed by atoms with van der Waals surface area (Å²) in [7, 11) is 0. The van der Waals surface area contributed by atoms with E-state index >= 15 is 0 Å². The molecule has 0 fully saturated rings. The van der Waals surface area contributed by atoms with Crippen molar-refractivity contribution in [2.75, 3.05) is 0 Å². The SMILES string of the molecule is N/C(=N/O)c1ccc(Sc2ccncn2)c(Br)c1. The molecule has 2 aromatic rings. The maximum absolute atomic E-state index is 8.61. The first-order valence-electron chi connectivity index (χ1n) is 4.92. The molecular formula is C11H9BrN4OS. The summed E-state index contributed by atoms with van der Waals surface area (Å²) in [4.78, 5) is 8.98. The Morgan fingerprint density at radius 1 is 1.39 bits per heavy atom. The van der Waals surface area contributed by atoms with Crippen molar-refractivity contribution in [2.24, 2.45) is 10.9 Å². The second-order valence-corrected chi connectivity index (χ2v) is 5.20. The van der Waals surface area contributed by atoms with E-state index in [4.69, 9.17) is 10.9 Å². The number of amidine groups is 1. The molecule has 92 valence electrons. The molecule has 0 amide bonds. The van der Waals surface area contributed by atoms with E-state index in [1.54, 1.807) is 18.3 Å². The number of aromatic nitrogens is 2. The zero-order chi connectivity index (χ0) is 13.0. The molecule has 0 saturated heterocycles. The molecule has 0 aliphatic carbocycles. The number of nitrogens with two attached hydrogens (primary N) is 1. The molecule has 5 nitrogen and oxygen atoms in total. The van der Waals surface area contributed by atoms with E-state index in [1.165, 1.54) is 18.1 Å². The highest BCUT2D eigenvalue weighted by Crippen LogP contribution is 2.32. The fraction of sp³-hybridized carbons (Fsp3) is 0. The molecule has 1 aromatic heterocycles. The maximum atomic E-state index is 8.61. The lowest BCUT2D eigenvalue weighted by molar-refractivity contribution is 0.318. The third kappa shape index (κ3) is 2.99. The van der Waals surface area contributed by atoms with Crippen LogP contribution in [-0.4, -0.2) is 21.0 Å². The van der Waals surface area contributed by atoms with Crippen LogP contribution in [0.25, 0.3) is 0 Å². The minimum Gasteiger partial charge on any atom is -0.409 e. The Morgan fingerprint density at radius 2 is 2.22 bits per heavy atom. The van der Waals surface area contributed by atoms with Gasteiger partial charge in [0.25, 0.3) is 0 Å². The lowest BCUT2D eigenvalue weighted by Crippen LogP contribution is -2.12. The fourth-order valence-electron chi connectivity index (χ4n) is 1.25. The molecule has 0 spiro atoms. The predicted octanol–water partition coefficient (Wildman–Crippen LogP) is 2.48. The van der Waals surface area contributed by atoms with E-state index in [2.05, 4.69) is 31.1 Å². The van der Waals surface area contributed by atoms with Gasteiger partial charge in [0, 0.05) is 21.1 Å². The highest BCUT2D eigenvalue weighted by molar-refractivity contribution is 9.10. The van der Waals surface area contributed by atoms with Crippen molar-refractivity contribution < 1.29 is 5.21 Å². The number of hydrogen-bond acceptors (Lipinski definition) is 5. The first-order chi connectivity index (χ1) is 8.70. The minimum atomic E-state index is 0.0780. The third-order valence-electron chi connectivity index (χ3n) is 2.10. The van der Waals surface area contributed by atoms with Crippen molar-refractivity contribution in [1.29, 1.82) is 0 Å². The summed E-state index contributed by atoms with van der Waals surface area (Å²) in [6.07, 6.45) is 3.19. The second-order valence-electron chi connectivity index (χ2n) is 3.28. The quantitative estimate of drug-likeness (QED) is 0.298. The summed E-state index contributed by atoms with van der Waals surface area (Å²) in [5.41, 5.74) is 6.17. The lowest BCUT2D eigenvalue weighted by Gasteiger charge is -2.05. The number of nitrogens with zero attached hydrogens (tertiary/aromatic N) is 3. The van der Waals surface area contributed by atoms with Gasteiger partial charge < -0.3 is 10.9 Å². The van der Waals surface area contributed by atoms with Crippen molar-refractivity contribution in [3.63, 3.8) is 0 Å². The predicted molar refractivity (Wildman–Crippen MR) is 72.8 cm³/mol. The Labute approximate surface area is 116 Å². The van der Waals surface area contributed by atoms with E-state index in [9.17, 15) is 0 Å². The van der Waals surface area contributed by atoms with Crippen LogP contribution in [0.5, 0.6) is 0 Å². The molecule has 18 heavy (non-hydrogen) atoms. The van der Waals surface area contributed by atoms with Crippen LogP contribution in [-0.2, 0) is 0 Å². The van der Waals surface area contributed by atoms with Crippen LogP contribution in [0.4, 0.5) is 0 Å². The average molecular weight is 325 g/mol. The van der Waals surface area contributed by atoms with Gasteiger partial charge in [0.05, 0.1) is 0 Å². The van der Waals surface area contributed by atoms with Gasteiger partial charge in [-0.15, -0.1) is 0 Å². The van der Waals surface area contributed by atoms with Crippen molar-refractivity contribution in [3.8, 4) is 0 Å². The van der Waals surface area contributed by atoms with Crippen LogP contribution in [0.1, 0.15) is 5.56 Å². The molecule has 0 unspecified atom stereocenters. The Kier molecular flexibility index (Phi) is 4.16. The van der Waals surface area contributed by atoms with Gasteiger partial charge in [0.2, 0.25) is 0 Å². The highest BCUT2D eigenvalue weighted by atomic mass is 79.9. The largest absolute Gasteiger partial charge is 0.409 e. The molecular weight excluding hydrogens is 316 g/mol. The van der Waals surface area contributed by atoms with Gasteiger partial charge in [-0.05, 0) is 40.2 Å². The normalized spacial score (nSPS) is 11.5. The number of hydrogen-bond donors (Lipinski definition) is 2. The van der Waals surface area contributed by atoms with Crippen LogP contribution in [0.15, 0.2) is 56.3 Å². The van der Waals surface area contributed by atoms with Gasteiger partial charge in [0.15, 0.2) is 5.84 Å². The third-order valence-corrected chi connectivity index (χ3v) is 4.05. The Balaban J connectivity index is 2.26. The lowest BCUT2D eigenvalue weighted by atomic mass is 10.2. The number of benzene rings is 1. The van der Waals surface area contributed by atoms with Crippen molar-refractivity contribution in [3.05, 3.63) is 46.8 Å². The number of halogens is 1. The summed E-state index contributed by atoms with van der Waals surface area (Å²) in [5.74, 6) is 0.0780. The number of oxime groups is 1. The van der Waals surface area contributed by atoms with Gasteiger partial charge in [-0.2, -0.15) is 0 Å². The van der Waals surface area contributed by atoms with Gasteiger partial charge in [-0.3, -0.25) is 0 Å². The molecule has 0 saturated carbocycles. The topological polar surface area (TPSA) is 84.4 Å². The zero-order valence-electron chi connectivity index (χ0n) is 9.12. The molecule has 0 atom stereocenters. The van der Waals surface area contributed by atoms with E-state index in [-0.39, 0.29) is 5.84 Å². The molecule has 0 radical (unpaired) electrons. The van der Waals surface area contributed by atoms with Gasteiger partial charge in [-0.1, -0.05) is 16.9 Å². The van der Waals surface area contributed by atoms with Crippen LogP contribution >= 0.6 is 27.7 Å². The summed E-state index contributed by atoms with van der Waals surface area (Å²) in [6, 6.07) is 7.28. The van der Waals surface area contributed by atoms with E-state index < -0.39 is 0 Å². The number of rotatable bonds is 3. The van der Waals surface area contributed by atoms with Gasteiger partial charge in [-0.25, -0.2) is 9.97 Å². The molecule has 0 aliphatic rings. The molecule has 2 rings (SSSR count). The summed E-state index contributed by atoms with van der Waals surface area (Å²) >= 11 is 4.95. The smallest absolute Gasteiger partial charge is 0.170 e. The zero-order valence-corrected chi connectivity index (χ0v) is 11.5. The first-order valence-corrected chi connectivity index (χ1v) is 6.53. The molecule has 0 aliphatic heterocycles. The van der Waals surface area contributed by atoms with E-state index in [0.29, 0.717) is 5.56 Å². The minimum absolute atomic E-state index is 0.0780. The van der Waals surface area contributed by atoms with Crippen LogP contribution in [0.2, 0.25) is 0 Å². The molecule has 1 heterocycles. The Hall–Kier alpha value is -1.60. The van der Waals surface area contributed by atoms with E-state index in [0.717, 1.165) is 14.4 Å². The molecule has 0 bridgehead atoms. The molecule has 1 aromatic carbocycles. The standard InChI is InChI=1S/C11H9BrN4OS/c12-8-5-7(11(13)16-17)1-2-9(8)18-10-3-4-14-6-15-10/h1-6,17H,(H2,13,16). The van der Waals surface area contributed by atoms with Gasteiger partial charge >= 0.3 is 0 Å². The van der Waals surface area contributed by atoms with Gasteiger partial charge in [0.1, 0.15) is 11.4 Å². The molecule has 7 heteroatoms. The van der Waals surface area contributed by atoms with Crippen molar-refractivity contribution in [1.82, 2.24) is 9.97 Å².